The Kier molecular flexibility index (Phi) is 7.76. The van der Waals surface area contributed by atoms with Crippen LogP contribution in [-0.4, -0.2) is 36.4 Å². The number of hydrogen-bond acceptors (Lipinski definition) is 3. The van der Waals surface area contributed by atoms with Crippen LogP contribution in [0, 0.1) is 5.82 Å². The third kappa shape index (κ3) is 6.40. The van der Waals surface area contributed by atoms with Crippen molar-refractivity contribution in [3.8, 4) is 5.75 Å². The summed E-state index contributed by atoms with van der Waals surface area (Å²) in [5.74, 6) is -0.589. The number of carbonyl (C=O) groups is 2. The number of nitrogens with zero attached hydrogens (tertiary/aromatic N) is 1. The Hall–Kier alpha value is -3.67. The summed E-state index contributed by atoms with van der Waals surface area (Å²) in [6.45, 7) is -0.00186. The number of rotatable bonds is 9. The maximum Gasteiger partial charge on any atom is 0.261 e. The molecule has 1 atom stereocenters. The van der Waals surface area contributed by atoms with E-state index in [9.17, 15) is 14.0 Å². The van der Waals surface area contributed by atoms with Crippen molar-refractivity contribution in [1.82, 2.24) is 10.2 Å². The van der Waals surface area contributed by atoms with E-state index in [0.29, 0.717) is 12.2 Å². The van der Waals surface area contributed by atoms with Crippen LogP contribution in [0.25, 0.3) is 0 Å². The van der Waals surface area contributed by atoms with E-state index in [2.05, 4.69) is 5.32 Å². The minimum Gasteiger partial charge on any atom is -0.484 e. The third-order valence-electron chi connectivity index (χ3n) is 4.89. The summed E-state index contributed by atoms with van der Waals surface area (Å²) in [6.07, 6.45) is 0.371. The lowest BCUT2D eigenvalue weighted by molar-refractivity contribution is -0.142. The second-order valence-electron chi connectivity index (χ2n) is 7.07. The summed E-state index contributed by atoms with van der Waals surface area (Å²) in [5, 5.41) is 2.67. The van der Waals surface area contributed by atoms with Crippen LogP contribution in [0.2, 0.25) is 0 Å². The maximum atomic E-state index is 13.2. The molecular weight excluding hydrogens is 395 g/mol. The average Bonchev–Trinajstić information content (AvgIpc) is 2.81. The largest absolute Gasteiger partial charge is 0.484 e. The Morgan fingerprint density at radius 3 is 2.06 bits per heavy atom. The molecule has 0 saturated carbocycles. The number of likely N-dealkylation sites (N-methyl/N-ethyl adjacent to an activating group) is 1. The van der Waals surface area contributed by atoms with Crippen LogP contribution in [0.5, 0.6) is 5.75 Å². The molecule has 3 aromatic rings. The monoisotopic (exact) mass is 420 g/mol. The molecule has 0 bridgehead atoms. The van der Waals surface area contributed by atoms with Crippen LogP contribution < -0.4 is 10.1 Å². The molecular formula is C25H25FN2O3. The Morgan fingerprint density at radius 2 is 1.48 bits per heavy atom. The zero-order valence-electron chi connectivity index (χ0n) is 17.3. The van der Waals surface area contributed by atoms with E-state index in [4.69, 9.17) is 4.74 Å². The van der Waals surface area contributed by atoms with E-state index < -0.39 is 6.04 Å². The molecule has 0 heterocycles. The van der Waals surface area contributed by atoms with Gasteiger partial charge in [-0.2, -0.15) is 0 Å². The van der Waals surface area contributed by atoms with E-state index in [1.165, 1.54) is 29.2 Å². The van der Waals surface area contributed by atoms with Crippen molar-refractivity contribution in [2.24, 2.45) is 0 Å². The van der Waals surface area contributed by atoms with Gasteiger partial charge in [-0.1, -0.05) is 60.7 Å². The molecule has 5 nitrogen and oxygen atoms in total. The van der Waals surface area contributed by atoms with E-state index in [-0.39, 0.29) is 30.8 Å². The fourth-order valence-corrected chi connectivity index (χ4v) is 3.26. The number of benzene rings is 3. The van der Waals surface area contributed by atoms with E-state index in [1.807, 2.05) is 60.7 Å². The molecule has 0 aliphatic rings. The van der Waals surface area contributed by atoms with Gasteiger partial charge in [0.25, 0.3) is 5.91 Å². The van der Waals surface area contributed by atoms with Crippen LogP contribution >= 0.6 is 0 Å². The van der Waals surface area contributed by atoms with E-state index in [0.717, 1.165) is 11.1 Å². The Balaban J connectivity index is 1.83. The summed E-state index contributed by atoms with van der Waals surface area (Å²) in [4.78, 5) is 27.5. The third-order valence-corrected chi connectivity index (χ3v) is 4.89. The van der Waals surface area contributed by atoms with Crippen molar-refractivity contribution in [2.45, 2.75) is 19.0 Å². The molecule has 31 heavy (non-hydrogen) atoms. The van der Waals surface area contributed by atoms with Gasteiger partial charge in [0.05, 0.1) is 0 Å². The number of carbonyl (C=O) groups excluding carboxylic acids is 2. The lowest BCUT2D eigenvalue weighted by Crippen LogP contribution is -2.51. The lowest BCUT2D eigenvalue weighted by Gasteiger charge is -2.31. The quantitative estimate of drug-likeness (QED) is 0.576. The second-order valence-corrected chi connectivity index (χ2v) is 7.07. The van der Waals surface area contributed by atoms with Crippen LogP contribution in [0.1, 0.15) is 11.1 Å². The summed E-state index contributed by atoms with van der Waals surface area (Å²) in [7, 11) is 1.56. The predicted molar refractivity (Wildman–Crippen MR) is 117 cm³/mol. The van der Waals surface area contributed by atoms with E-state index in [1.54, 1.807) is 7.05 Å². The predicted octanol–water partition coefficient (Wildman–Crippen LogP) is 3.59. The molecule has 6 heteroatoms. The van der Waals surface area contributed by atoms with Gasteiger partial charge in [-0.15, -0.1) is 0 Å². The Morgan fingerprint density at radius 1 is 0.903 bits per heavy atom. The van der Waals surface area contributed by atoms with Crippen molar-refractivity contribution >= 4 is 11.8 Å². The first-order chi connectivity index (χ1) is 15.1. The van der Waals surface area contributed by atoms with Crippen molar-refractivity contribution in [3.63, 3.8) is 0 Å². The molecule has 0 saturated heterocycles. The molecule has 1 unspecified atom stereocenters. The molecule has 0 spiro atoms. The maximum absolute atomic E-state index is 13.2. The van der Waals surface area contributed by atoms with E-state index >= 15 is 0 Å². The SMILES string of the molecule is CNC(=O)C(Cc1ccccc1)N(Cc1ccccc1)C(=O)COc1ccc(F)cc1. The molecule has 0 radical (unpaired) electrons. The first-order valence-corrected chi connectivity index (χ1v) is 10.0. The van der Waals surface area contributed by atoms with Crippen molar-refractivity contribution in [3.05, 3.63) is 102 Å². The zero-order valence-corrected chi connectivity index (χ0v) is 17.3. The van der Waals surface area contributed by atoms with Crippen LogP contribution in [0.4, 0.5) is 4.39 Å². The first kappa shape index (κ1) is 22.0. The highest BCUT2D eigenvalue weighted by atomic mass is 19.1. The Bertz CT molecular complexity index is 979. The van der Waals surface area contributed by atoms with Gasteiger partial charge in [0, 0.05) is 20.0 Å². The summed E-state index contributed by atoms with van der Waals surface area (Å²) in [5.41, 5.74) is 1.85. The minimum atomic E-state index is -0.711. The van der Waals surface area contributed by atoms with Crippen molar-refractivity contribution < 1.29 is 18.7 Å². The van der Waals surface area contributed by atoms with Gasteiger partial charge in [0.2, 0.25) is 5.91 Å². The molecule has 3 aromatic carbocycles. The summed E-state index contributed by atoms with van der Waals surface area (Å²) >= 11 is 0. The molecule has 0 fully saturated rings. The summed E-state index contributed by atoms with van der Waals surface area (Å²) < 4.78 is 18.7. The van der Waals surface area contributed by atoms with Gasteiger partial charge in [0.15, 0.2) is 6.61 Å². The number of hydrogen-bond donors (Lipinski definition) is 1. The highest BCUT2D eigenvalue weighted by Crippen LogP contribution is 2.16. The van der Waals surface area contributed by atoms with Crippen LogP contribution in [-0.2, 0) is 22.6 Å². The average molecular weight is 420 g/mol. The fraction of sp³-hybridized carbons (Fsp3) is 0.200. The van der Waals surface area contributed by atoms with Gasteiger partial charge < -0.3 is 15.0 Å². The number of ether oxygens (including phenoxy) is 1. The minimum absolute atomic E-state index is 0.255. The number of halogens is 1. The lowest BCUT2D eigenvalue weighted by atomic mass is 10.0. The fourth-order valence-electron chi connectivity index (χ4n) is 3.26. The number of amides is 2. The second kappa shape index (κ2) is 10.9. The molecule has 0 aromatic heterocycles. The standard InChI is InChI=1S/C25H25FN2O3/c1-27-25(30)23(16-19-8-4-2-5-9-19)28(17-20-10-6-3-7-11-20)24(29)18-31-22-14-12-21(26)13-15-22/h2-15,23H,16-18H2,1H3,(H,27,30). The molecule has 2 amide bonds. The topological polar surface area (TPSA) is 58.6 Å². The van der Waals surface area contributed by atoms with Crippen LogP contribution in [0.15, 0.2) is 84.9 Å². The molecule has 0 aliphatic heterocycles. The highest BCUT2D eigenvalue weighted by molar-refractivity contribution is 5.88. The normalized spacial score (nSPS) is 11.4. The van der Waals surface area contributed by atoms with Gasteiger partial charge in [0.1, 0.15) is 17.6 Å². The zero-order chi connectivity index (χ0) is 22.1. The molecule has 160 valence electrons. The van der Waals surface area contributed by atoms with Gasteiger partial charge in [-0.05, 0) is 35.4 Å². The smallest absolute Gasteiger partial charge is 0.261 e. The Labute approximate surface area is 181 Å². The van der Waals surface area contributed by atoms with Gasteiger partial charge in [-0.3, -0.25) is 9.59 Å². The van der Waals surface area contributed by atoms with Gasteiger partial charge in [-0.25, -0.2) is 4.39 Å². The first-order valence-electron chi connectivity index (χ1n) is 10.0. The molecule has 3 rings (SSSR count). The van der Waals surface area contributed by atoms with Crippen molar-refractivity contribution in [1.29, 1.82) is 0 Å². The molecule has 1 N–H and O–H groups in total. The van der Waals surface area contributed by atoms with Crippen LogP contribution in [0.3, 0.4) is 0 Å². The number of nitrogens with one attached hydrogen (secondary N) is 1. The summed E-state index contributed by atoms with van der Waals surface area (Å²) in [6, 6.07) is 23.8. The van der Waals surface area contributed by atoms with Crippen molar-refractivity contribution in [2.75, 3.05) is 13.7 Å². The molecule has 0 aliphatic carbocycles. The van der Waals surface area contributed by atoms with Gasteiger partial charge >= 0.3 is 0 Å². The highest BCUT2D eigenvalue weighted by Gasteiger charge is 2.30.